The van der Waals surface area contributed by atoms with Gasteiger partial charge in [-0.2, -0.15) is 0 Å². The summed E-state index contributed by atoms with van der Waals surface area (Å²) in [6.07, 6.45) is 2.28. The molecule has 2 heterocycles. The Morgan fingerprint density at radius 1 is 1.42 bits per heavy atom. The molecule has 0 radical (unpaired) electrons. The van der Waals surface area contributed by atoms with Gasteiger partial charge in [-0.1, -0.05) is 6.07 Å². The van der Waals surface area contributed by atoms with Crippen LogP contribution in [-0.2, 0) is 5.92 Å². The molecule has 2 nitrogen and oxygen atoms in total. The predicted molar refractivity (Wildman–Crippen MR) is 73.8 cm³/mol. The third kappa shape index (κ3) is 2.37. The lowest BCUT2D eigenvalue weighted by Gasteiger charge is -2.16. The van der Waals surface area contributed by atoms with Gasteiger partial charge in [-0.3, -0.25) is 4.90 Å². The Bertz CT molecular complexity index is 603. The maximum absolute atomic E-state index is 13.3. The zero-order chi connectivity index (χ0) is 13.6. The van der Waals surface area contributed by atoms with Crippen LogP contribution in [0.2, 0.25) is 0 Å². The minimum Gasteiger partial charge on any atom is -0.297 e. The summed E-state index contributed by atoms with van der Waals surface area (Å²) in [6, 6.07) is 5.13. The Labute approximate surface area is 115 Å². The third-order valence-electron chi connectivity index (χ3n) is 3.72. The van der Waals surface area contributed by atoms with E-state index in [0.29, 0.717) is 11.6 Å². The highest BCUT2D eigenvalue weighted by molar-refractivity contribution is 7.18. The molecule has 19 heavy (non-hydrogen) atoms. The number of aromatic nitrogens is 1. The van der Waals surface area contributed by atoms with E-state index in [-0.39, 0.29) is 5.56 Å². The van der Waals surface area contributed by atoms with Gasteiger partial charge in [-0.05, 0) is 38.6 Å². The first-order chi connectivity index (χ1) is 8.95. The molecule has 1 aliphatic heterocycles. The monoisotopic (exact) mass is 282 g/mol. The lowest BCUT2D eigenvalue weighted by molar-refractivity contribution is 0.0176. The molecule has 2 aromatic rings. The molecule has 1 aromatic carbocycles. The fraction of sp³-hybridized carbons (Fsp3) is 0.500. The Morgan fingerprint density at radius 3 is 2.84 bits per heavy atom. The molecule has 0 amide bonds. The number of alkyl halides is 2. The van der Waals surface area contributed by atoms with Crippen molar-refractivity contribution in [1.29, 1.82) is 0 Å². The van der Waals surface area contributed by atoms with Crippen LogP contribution in [0, 0.1) is 0 Å². The minimum atomic E-state index is -2.80. The summed E-state index contributed by atoms with van der Waals surface area (Å²) in [5, 5.41) is 1.05. The number of likely N-dealkylation sites (tertiary alicyclic amines) is 1. The molecule has 1 aliphatic rings. The van der Waals surface area contributed by atoms with Crippen molar-refractivity contribution in [2.24, 2.45) is 0 Å². The van der Waals surface area contributed by atoms with E-state index in [1.165, 1.54) is 18.6 Å². The Hall–Kier alpha value is -1.07. The summed E-state index contributed by atoms with van der Waals surface area (Å²) < 4.78 is 27.6. The highest BCUT2D eigenvalue weighted by atomic mass is 32.1. The van der Waals surface area contributed by atoms with Gasteiger partial charge in [0, 0.05) is 12.5 Å². The molecule has 3 rings (SSSR count). The van der Waals surface area contributed by atoms with Crippen molar-refractivity contribution in [3.05, 3.63) is 28.8 Å². The van der Waals surface area contributed by atoms with Gasteiger partial charge in [-0.25, -0.2) is 13.8 Å². The number of rotatable bonds is 2. The second-order valence-electron chi connectivity index (χ2n) is 5.26. The van der Waals surface area contributed by atoms with Gasteiger partial charge in [0.05, 0.1) is 16.3 Å². The zero-order valence-corrected chi connectivity index (χ0v) is 11.8. The summed E-state index contributed by atoms with van der Waals surface area (Å²) in [5.74, 6) is -2.80. The van der Waals surface area contributed by atoms with Gasteiger partial charge in [0.1, 0.15) is 5.01 Å². The lowest BCUT2D eigenvalue weighted by atomic mass is 10.1. The number of nitrogens with zero attached hydrogens (tertiary/aromatic N) is 2. The maximum Gasteiger partial charge on any atom is 0.270 e. The Kier molecular flexibility index (Phi) is 3.06. The second-order valence-corrected chi connectivity index (χ2v) is 6.32. The van der Waals surface area contributed by atoms with Gasteiger partial charge >= 0.3 is 0 Å². The number of hydrogen-bond acceptors (Lipinski definition) is 3. The van der Waals surface area contributed by atoms with Crippen molar-refractivity contribution in [2.75, 3.05) is 13.6 Å². The van der Waals surface area contributed by atoms with E-state index in [2.05, 4.69) is 16.9 Å². The molecular formula is C14H16F2N2S. The van der Waals surface area contributed by atoms with Crippen molar-refractivity contribution >= 4 is 21.6 Å². The van der Waals surface area contributed by atoms with Crippen LogP contribution in [0.4, 0.5) is 8.78 Å². The van der Waals surface area contributed by atoms with E-state index in [1.807, 2.05) is 0 Å². The minimum absolute atomic E-state index is 0.0385. The summed E-state index contributed by atoms with van der Waals surface area (Å²) in [7, 11) is 2.09. The van der Waals surface area contributed by atoms with E-state index in [1.54, 1.807) is 17.4 Å². The molecule has 0 aliphatic carbocycles. The normalized spacial score (nSPS) is 21.4. The molecule has 0 bridgehead atoms. The van der Waals surface area contributed by atoms with Crippen molar-refractivity contribution < 1.29 is 8.78 Å². The van der Waals surface area contributed by atoms with Crippen LogP contribution in [0.1, 0.15) is 36.4 Å². The molecule has 1 atom stereocenters. The van der Waals surface area contributed by atoms with Crippen LogP contribution in [0.15, 0.2) is 18.2 Å². The van der Waals surface area contributed by atoms with Crippen molar-refractivity contribution in [2.45, 2.75) is 31.7 Å². The first kappa shape index (κ1) is 12.9. The molecule has 1 aromatic heterocycles. The third-order valence-corrected chi connectivity index (χ3v) is 4.85. The van der Waals surface area contributed by atoms with E-state index in [4.69, 9.17) is 0 Å². The van der Waals surface area contributed by atoms with Crippen LogP contribution in [0.25, 0.3) is 10.2 Å². The van der Waals surface area contributed by atoms with Gasteiger partial charge in [0.25, 0.3) is 5.92 Å². The van der Waals surface area contributed by atoms with Crippen LogP contribution in [0.3, 0.4) is 0 Å². The smallest absolute Gasteiger partial charge is 0.270 e. The molecule has 0 N–H and O–H groups in total. The van der Waals surface area contributed by atoms with Gasteiger partial charge in [-0.15, -0.1) is 11.3 Å². The fourth-order valence-corrected chi connectivity index (χ4v) is 3.73. The number of hydrogen-bond donors (Lipinski definition) is 0. The first-order valence-corrected chi connectivity index (χ1v) is 7.26. The Balaban J connectivity index is 2.01. The van der Waals surface area contributed by atoms with Crippen LogP contribution < -0.4 is 0 Å². The van der Waals surface area contributed by atoms with Gasteiger partial charge in [0.2, 0.25) is 0 Å². The largest absolute Gasteiger partial charge is 0.297 e. The van der Waals surface area contributed by atoms with Crippen molar-refractivity contribution in [3.8, 4) is 0 Å². The SMILES string of the molecule is CN1CCCC1c1nc2cc(C(C)(F)F)ccc2s1. The average Bonchev–Trinajstić information content (AvgIpc) is 2.91. The van der Waals surface area contributed by atoms with Gasteiger partial charge in [0.15, 0.2) is 0 Å². The Morgan fingerprint density at radius 2 is 2.21 bits per heavy atom. The molecule has 0 saturated carbocycles. The van der Waals surface area contributed by atoms with Crippen molar-refractivity contribution in [3.63, 3.8) is 0 Å². The molecule has 0 spiro atoms. The molecule has 1 unspecified atom stereocenters. The first-order valence-electron chi connectivity index (χ1n) is 6.44. The standard InChI is InChI=1S/C14H16F2N2S/c1-14(15,16)9-5-6-12-10(8-9)17-13(19-12)11-4-3-7-18(11)2/h5-6,8,11H,3-4,7H2,1-2H3. The highest BCUT2D eigenvalue weighted by Crippen LogP contribution is 2.37. The lowest BCUT2D eigenvalue weighted by Crippen LogP contribution is -2.17. The van der Waals surface area contributed by atoms with E-state index in [9.17, 15) is 8.78 Å². The number of halogens is 2. The van der Waals surface area contributed by atoms with E-state index < -0.39 is 5.92 Å². The zero-order valence-electron chi connectivity index (χ0n) is 11.0. The summed E-state index contributed by atoms with van der Waals surface area (Å²) in [5.41, 5.74) is 0.732. The summed E-state index contributed by atoms with van der Waals surface area (Å²) in [4.78, 5) is 6.85. The molecule has 102 valence electrons. The molecule has 5 heteroatoms. The van der Waals surface area contributed by atoms with Gasteiger partial charge < -0.3 is 0 Å². The summed E-state index contributed by atoms with van der Waals surface area (Å²) in [6.45, 7) is 2.01. The fourth-order valence-electron chi connectivity index (χ4n) is 2.58. The van der Waals surface area contributed by atoms with Crippen LogP contribution in [-0.4, -0.2) is 23.5 Å². The topological polar surface area (TPSA) is 16.1 Å². The van der Waals surface area contributed by atoms with Crippen molar-refractivity contribution in [1.82, 2.24) is 9.88 Å². The van der Waals surface area contributed by atoms with E-state index in [0.717, 1.165) is 29.6 Å². The van der Waals surface area contributed by atoms with Crippen LogP contribution >= 0.6 is 11.3 Å². The average molecular weight is 282 g/mol. The molecule has 1 fully saturated rings. The molecule has 1 saturated heterocycles. The number of thiazole rings is 1. The maximum atomic E-state index is 13.3. The summed E-state index contributed by atoms with van der Waals surface area (Å²) >= 11 is 1.62. The second kappa shape index (κ2) is 4.49. The quantitative estimate of drug-likeness (QED) is 0.821. The van der Waals surface area contributed by atoms with Crippen LogP contribution in [0.5, 0.6) is 0 Å². The van der Waals surface area contributed by atoms with E-state index >= 15 is 0 Å². The molecular weight excluding hydrogens is 266 g/mol. The highest BCUT2D eigenvalue weighted by Gasteiger charge is 2.27. The number of fused-ring (bicyclic) bond motifs is 1. The predicted octanol–water partition coefficient (Wildman–Crippen LogP) is 4.17. The number of benzene rings is 1.